The van der Waals surface area contributed by atoms with Crippen LogP contribution in [-0.2, 0) is 0 Å². The van der Waals surface area contributed by atoms with Crippen molar-refractivity contribution in [1.29, 1.82) is 0 Å². The van der Waals surface area contributed by atoms with Gasteiger partial charge in [0, 0.05) is 31.9 Å². The molecule has 0 amide bonds. The number of piperazine rings is 1. The number of benzene rings is 2. The number of ether oxygens (including phenoxy) is 2. The molecule has 0 radical (unpaired) electrons. The van der Waals surface area contributed by atoms with E-state index >= 15 is 0 Å². The molecule has 1 fully saturated rings. The third kappa shape index (κ3) is 3.24. The Kier molecular flexibility index (Phi) is 4.74. The van der Waals surface area contributed by atoms with Gasteiger partial charge in [0.25, 0.3) is 0 Å². The van der Waals surface area contributed by atoms with E-state index in [1.165, 1.54) is 0 Å². The first-order valence-electron chi connectivity index (χ1n) is 8.79. The van der Waals surface area contributed by atoms with E-state index < -0.39 is 0 Å². The SMILES string of the molecule is COc1ccc(C2CC(=O)c3cc(N4CCNCC4)ccc3O2)cc1Cl. The molecule has 2 aromatic rings. The lowest BCUT2D eigenvalue weighted by Gasteiger charge is -2.31. The number of ketones is 1. The number of halogens is 1. The minimum absolute atomic E-state index is 0.0974. The topological polar surface area (TPSA) is 50.8 Å². The van der Waals surface area contributed by atoms with Crippen molar-refractivity contribution >= 4 is 23.1 Å². The van der Waals surface area contributed by atoms with Gasteiger partial charge in [-0.3, -0.25) is 4.79 Å². The Morgan fingerprint density at radius 2 is 2.00 bits per heavy atom. The van der Waals surface area contributed by atoms with Crippen LogP contribution in [0.25, 0.3) is 0 Å². The molecule has 0 bridgehead atoms. The van der Waals surface area contributed by atoms with Crippen LogP contribution in [0.2, 0.25) is 5.02 Å². The molecule has 0 aromatic heterocycles. The summed E-state index contributed by atoms with van der Waals surface area (Å²) in [5.41, 5.74) is 2.62. The van der Waals surface area contributed by atoms with Gasteiger partial charge in [0.05, 0.1) is 24.1 Å². The minimum Gasteiger partial charge on any atom is -0.495 e. The fourth-order valence-corrected chi connectivity index (χ4v) is 3.77. The lowest BCUT2D eigenvalue weighted by Crippen LogP contribution is -2.43. The van der Waals surface area contributed by atoms with E-state index in [-0.39, 0.29) is 11.9 Å². The number of hydrogen-bond donors (Lipinski definition) is 1. The molecule has 0 saturated carbocycles. The molecule has 1 saturated heterocycles. The second-order valence-corrected chi connectivity index (χ2v) is 6.95. The molecular formula is C20H21ClN2O3. The smallest absolute Gasteiger partial charge is 0.170 e. The third-order valence-electron chi connectivity index (χ3n) is 4.93. The average molecular weight is 373 g/mol. The van der Waals surface area contributed by atoms with Gasteiger partial charge in [-0.05, 0) is 35.9 Å². The first-order valence-corrected chi connectivity index (χ1v) is 9.16. The molecule has 1 N–H and O–H groups in total. The zero-order chi connectivity index (χ0) is 18.1. The largest absolute Gasteiger partial charge is 0.495 e. The van der Waals surface area contributed by atoms with Crippen LogP contribution < -0.4 is 19.7 Å². The zero-order valence-electron chi connectivity index (χ0n) is 14.6. The van der Waals surface area contributed by atoms with Crippen molar-refractivity contribution in [3.63, 3.8) is 0 Å². The molecule has 4 rings (SSSR count). The number of hydrogen-bond acceptors (Lipinski definition) is 5. The monoisotopic (exact) mass is 372 g/mol. The molecule has 136 valence electrons. The summed E-state index contributed by atoms with van der Waals surface area (Å²) >= 11 is 6.22. The normalized spacial score (nSPS) is 19.7. The first kappa shape index (κ1) is 17.2. The van der Waals surface area contributed by atoms with Crippen LogP contribution >= 0.6 is 11.6 Å². The number of carbonyl (C=O) groups excluding carboxylic acids is 1. The van der Waals surface area contributed by atoms with Gasteiger partial charge >= 0.3 is 0 Å². The highest BCUT2D eigenvalue weighted by Crippen LogP contribution is 2.38. The van der Waals surface area contributed by atoms with Gasteiger partial charge in [0.1, 0.15) is 17.6 Å². The summed E-state index contributed by atoms with van der Waals surface area (Å²) in [6.45, 7) is 3.81. The molecule has 2 aliphatic heterocycles. The fraction of sp³-hybridized carbons (Fsp3) is 0.350. The van der Waals surface area contributed by atoms with Crippen molar-refractivity contribution in [1.82, 2.24) is 5.32 Å². The van der Waals surface area contributed by atoms with Crippen molar-refractivity contribution < 1.29 is 14.3 Å². The van der Waals surface area contributed by atoms with E-state index in [4.69, 9.17) is 21.1 Å². The van der Waals surface area contributed by atoms with Crippen LogP contribution in [0.4, 0.5) is 5.69 Å². The second-order valence-electron chi connectivity index (χ2n) is 6.55. The maximum absolute atomic E-state index is 12.7. The first-order chi connectivity index (χ1) is 12.7. The van der Waals surface area contributed by atoms with Crippen LogP contribution in [0, 0.1) is 0 Å². The van der Waals surface area contributed by atoms with Gasteiger partial charge in [-0.1, -0.05) is 17.7 Å². The summed E-state index contributed by atoms with van der Waals surface area (Å²) < 4.78 is 11.3. The van der Waals surface area contributed by atoms with Gasteiger partial charge in [0.15, 0.2) is 5.78 Å². The van der Waals surface area contributed by atoms with E-state index in [1.807, 2.05) is 24.3 Å². The maximum atomic E-state index is 12.7. The van der Waals surface area contributed by atoms with Gasteiger partial charge in [0.2, 0.25) is 0 Å². The number of Topliss-reactive ketones (excluding diaryl/α,β-unsaturated/α-hetero) is 1. The molecule has 1 atom stereocenters. The number of nitrogens with one attached hydrogen (secondary N) is 1. The van der Waals surface area contributed by atoms with Crippen molar-refractivity contribution in [2.45, 2.75) is 12.5 Å². The number of carbonyl (C=O) groups is 1. The number of anilines is 1. The van der Waals surface area contributed by atoms with E-state index in [2.05, 4.69) is 10.2 Å². The zero-order valence-corrected chi connectivity index (χ0v) is 15.4. The quantitative estimate of drug-likeness (QED) is 0.894. The Morgan fingerprint density at radius 1 is 1.19 bits per heavy atom. The molecule has 1 unspecified atom stereocenters. The van der Waals surface area contributed by atoms with Crippen molar-refractivity contribution in [2.75, 3.05) is 38.2 Å². The lowest BCUT2D eigenvalue weighted by molar-refractivity contribution is 0.0850. The summed E-state index contributed by atoms with van der Waals surface area (Å²) in [6, 6.07) is 11.4. The molecule has 26 heavy (non-hydrogen) atoms. The summed E-state index contributed by atoms with van der Waals surface area (Å²) in [6.07, 6.45) is -0.0239. The highest BCUT2D eigenvalue weighted by Gasteiger charge is 2.29. The van der Waals surface area contributed by atoms with Gasteiger partial charge in [-0.25, -0.2) is 0 Å². The number of methoxy groups -OCH3 is 1. The molecular weight excluding hydrogens is 352 g/mol. The van der Waals surface area contributed by atoms with E-state index in [1.54, 1.807) is 19.2 Å². The van der Waals surface area contributed by atoms with E-state index in [9.17, 15) is 4.79 Å². The highest BCUT2D eigenvalue weighted by molar-refractivity contribution is 6.32. The number of nitrogens with zero attached hydrogens (tertiary/aromatic N) is 1. The van der Waals surface area contributed by atoms with Crippen molar-refractivity contribution in [2.24, 2.45) is 0 Å². The third-order valence-corrected chi connectivity index (χ3v) is 5.23. The van der Waals surface area contributed by atoms with E-state index in [0.29, 0.717) is 28.5 Å². The summed E-state index contributed by atoms with van der Waals surface area (Å²) in [5, 5.41) is 3.85. The lowest BCUT2D eigenvalue weighted by atomic mass is 9.95. The molecule has 0 spiro atoms. The standard InChI is InChI=1S/C20H21ClN2O3/c1-25-19-4-2-13(10-16(19)21)20-12-17(24)15-11-14(3-5-18(15)26-20)23-8-6-22-7-9-23/h2-5,10-11,20,22H,6-9,12H2,1H3. The summed E-state index contributed by atoms with van der Waals surface area (Å²) in [5.74, 6) is 1.34. The Morgan fingerprint density at radius 3 is 2.73 bits per heavy atom. The molecule has 2 aliphatic rings. The van der Waals surface area contributed by atoms with Crippen molar-refractivity contribution in [3.05, 3.63) is 52.5 Å². The molecule has 2 aromatic carbocycles. The summed E-state index contributed by atoms with van der Waals surface area (Å²) in [4.78, 5) is 15.0. The predicted molar refractivity (Wildman–Crippen MR) is 102 cm³/mol. The van der Waals surface area contributed by atoms with Crippen LogP contribution in [0.3, 0.4) is 0 Å². The Bertz CT molecular complexity index is 834. The summed E-state index contributed by atoms with van der Waals surface area (Å²) in [7, 11) is 1.58. The van der Waals surface area contributed by atoms with E-state index in [0.717, 1.165) is 37.4 Å². The number of fused-ring (bicyclic) bond motifs is 1. The second kappa shape index (κ2) is 7.17. The molecule has 5 nitrogen and oxygen atoms in total. The van der Waals surface area contributed by atoms with Crippen LogP contribution in [0.15, 0.2) is 36.4 Å². The Labute approximate surface area is 157 Å². The maximum Gasteiger partial charge on any atom is 0.170 e. The van der Waals surface area contributed by atoms with Gasteiger partial charge in [-0.2, -0.15) is 0 Å². The molecule has 2 heterocycles. The predicted octanol–water partition coefficient (Wildman–Crippen LogP) is 3.46. The molecule has 6 heteroatoms. The van der Waals surface area contributed by atoms with Gasteiger partial charge in [-0.15, -0.1) is 0 Å². The van der Waals surface area contributed by atoms with Crippen LogP contribution in [-0.4, -0.2) is 39.1 Å². The van der Waals surface area contributed by atoms with Crippen LogP contribution in [0.5, 0.6) is 11.5 Å². The van der Waals surface area contributed by atoms with Gasteiger partial charge < -0.3 is 19.7 Å². The fourth-order valence-electron chi connectivity index (χ4n) is 3.50. The molecule has 0 aliphatic carbocycles. The Balaban J connectivity index is 1.59. The highest BCUT2D eigenvalue weighted by atomic mass is 35.5. The van der Waals surface area contributed by atoms with Crippen LogP contribution in [0.1, 0.15) is 28.4 Å². The minimum atomic E-state index is -0.330. The van der Waals surface area contributed by atoms with Crippen molar-refractivity contribution in [3.8, 4) is 11.5 Å². The average Bonchev–Trinajstić information content (AvgIpc) is 2.68. The Hall–Kier alpha value is -2.24. The number of rotatable bonds is 3.